The average molecular weight is 342 g/mol. The molecule has 3 aromatic rings. The molecule has 1 N–H and O–H groups in total. The highest BCUT2D eigenvalue weighted by Crippen LogP contribution is 2.40. The van der Waals surface area contributed by atoms with Crippen LogP contribution in [0.5, 0.6) is 5.75 Å². The van der Waals surface area contributed by atoms with Gasteiger partial charge in [0.15, 0.2) is 11.4 Å². The maximum atomic E-state index is 12.5. The average Bonchev–Trinajstić information content (AvgIpc) is 2.88. The molecular weight excluding hydrogens is 335 g/mol. The Hall–Kier alpha value is -1.68. The Balaban J connectivity index is 2.17. The lowest BCUT2D eigenvalue weighted by molar-refractivity contribution is 0.103. The largest absolute Gasteiger partial charge is 0.506 e. The Morgan fingerprint density at radius 2 is 1.71 bits per heavy atom. The third-order valence-electron chi connectivity index (χ3n) is 3.08. The second kappa shape index (κ2) is 5.26. The molecule has 0 unspecified atom stereocenters. The number of hydrogen-bond acceptors (Lipinski definition) is 3. The van der Waals surface area contributed by atoms with Gasteiger partial charge in [-0.1, -0.05) is 34.8 Å². The van der Waals surface area contributed by atoms with E-state index < -0.39 is 0 Å². The first-order valence-corrected chi connectivity index (χ1v) is 7.01. The molecule has 0 aliphatic rings. The minimum Gasteiger partial charge on any atom is -0.506 e. The molecule has 106 valence electrons. The van der Waals surface area contributed by atoms with Gasteiger partial charge in [0, 0.05) is 16.0 Å². The summed E-state index contributed by atoms with van der Waals surface area (Å²) in [5.41, 5.74) is 1.01. The molecule has 0 amide bonds. The summed E-state index contributed by atoms with van der Waals surface area (Å²) in [6.45, 7) is 0. The molecule has 0 saturated heterocycles. The van der Waals surface area contributed by atoms with E-state index in [9.17, 15) is 9.90 Å². The van der Waals surface area contributed by atoms with Crippen molar-refractivity contribution in [3.8, 4) is 5.75 Å². The van der Waals surface area contributed by atoms with Crippen LogP contribution < -0.4 is 0 Å². The van der Waals surface area contributed by atoms with Crippen LogP contribution in [-0.4, -0.2) is 10.9 Å². The van der Waals surface area contributed by atoms with E-state index in [2.05, 4.69) is 0 Å². The molecule has 0 radical (unpaired) electrons. The first kappa shape index (κ1) is 14.3. The smallest absolute Gasteiger partial charge is 0.196 e. The molecule has 1 aromatic heterocycles. The van der Waals surface area contributed by atoms with Gasteiger partial charge in [-0.05, 0) is 30.3 Å². The fourth-order valence-electron chi connectivity index (χ4n) is 2.03. The summed E-state index contributed by atoms with van der Waals surface area (Å²) in [5.74, 6) is -0.469. The van der Waals surface area contributed by atoms with Gasteiger partial charge in [0.1, 0.15) is 22.1 Å². The Morgan fingerprint density at radius 3 is 2.38 bits per heavy atom. The fourth-order valence-corrected chi connectivity index (χ4v) is 2.53. The maximum absolute atomic E-state index is 12.5. The van der Waals surface area contributed by atoms with Crippen molar-refractivity contribution in [3.63, 3.8) is 0 Å². The number of phenols is 1. The third-order valence-corrected chi connectivity index (χ3v) is 4.17. The molecule has 0 bridgehead atoms. The predicted octanol–water partition coefficient (Wildman–Crippen LogP) is 5.33. The molecule has 1 heterocycles. The number of halogens is 3. The lowest BCUT2D eigenvalue weighted by Gasteiger charge is -2.02. The van der Waals surface area contributed by atoms with Crippen LogP contribution in [0.15, 0.2) is 41.0 Å². The van der Waals surface area contributed by atoms with Crippen molar-refractivity contribution in [1.82, 2.24) is 0 Å². The number of hydrogen-bond donors (Lipinski definition) is 1. The van der Waals surface area contributed by atoms with Gasteiger partial charge in [0.2, 0.25) is 0 Å². The normalized spacial score (nSPS) is 11.0. The van der Waals surface area contributed by atoms with Gasteiger partial charge in [0.25, 0.3) is 0 Å². The number of phenolic OH excluding ortho intramolecular Hbond substituents is 1. The van der Waals surface area contributed by atoms with Crippen LogP contribution in [-0.2, 0) is 0 Å². The second-order valence-electron chi connectivity index (χ2n) is 4.39. The number of furan rings is 1. The highest BCUT2D eigenvalue weighted by atomic mass is 35.5. The summed E-state index contributed by atoms with van der Waals surface area (Å²) in [6.07, 6.45) is 1.29. The summed E-state index contributed by atoms with van der Waals surface area (Å²) in [6, 6.07) is 7.83. The molecule has 0 saturated carbocycles. The number of ketones is 1. The number of fused-ring (bicyclic) bond motifs is 1. The van der Waals surface area contributed by atoms with E-state index in [1.54, 1.807) is 24.3 Å². The summed E-state index contributed by atoms with van der Waals surface area (Å²) in [7, 11) is 0. The molecule has 0 spiro atoms. The van der Waals surface area contributed by atoms with E-state index in [1.165, 1.54) is 12.3 Å². The van der Waals surface area contributed by atoms with Gasteiger partial charge in [-0.3, -0.25) is 4.79 Å². The van der Waals surface area contributed by atoms with E-state index in [0.717, 1.165) is 0 Å². The van der Waals surface area contributed by atoms with Crippen molar-refractivity contribution in [2.45, 2.75) is 0 Å². The first-order chi connectivity index (χ1) is 9.99. The van der Waals surface area contributed by atoms with E-state index in [0.29, 0.717) is 21.5 Å². The summed E-state index contributed by atoms with van der Waals surface area (Å²) < 4.78 is 5.31. The molecule has 0 fully saturated rings. The van der Waals surface area contributed by atoms with Crippen LogP contribution in [0.1, 0.15) is 15.9 Å². The van der Waals surface area contributed by atoms with Gasteiger partial charge >= 0.3 is 0 Å². The Bertz CT molecular complexity index is 851. The first-order valence-electron chi connectivity index (χ1n) is 5.87. The number of benzene rings is 2. The van der Waals surface area contributed by atoms with Crippen LogP contribution in [0.2, 0.25) is 15.1 Å². The van der Waals surface area contributed by atoms with Gasteiger partial charge in [-0.25, -0.2) is 0 Å². The summed E-state index contributed by atoms with van der Waals surface area (Å²) in [5, 5.41) is 10.7. The highest BCUT2D eigenvalue weighted by molar-refractivity contribution is 6.46. The monoisotopic (exact) mass is 340 g/mol. The van der Waals surface area contributed by atoms with Crippen LogP contribution >= 0.6 is 34.8 Å². The summed E-state index contributed by atoms with van der Waals surface area (Å²) in [4.78, 5) is 12.5. The third kappa shape index (κ3) is 2.38. The van der Waals surface area contributed by atoms with Gasteiger partial charge in [-0.2, -0.15) is 0 Å². The Kier molecular flexibility index (Phi) is 3.57. The number of carbonyl (C=O) groups is 1. The van der Waals surface area contributed by atoms with Crippen molar-refractivity contribution >= 4 is 51.6 Å². The van der Waals surface area contributed by atoms with Crippen LogP contribution in [0, 0.1) is 0 Å². The van der Waals surface area contributed by atoms with Crippen molar-refractivity contribution in [2.75, 3.05) is 0 Å². The van der Waals surface area contributed by atoms with Crippen LogP contribution in [0.25, 0.3) is 11.0 Å². The van der Waals surface area contributed by atoms with Crippen LogP contribution in [0.3, 0.4) is 0 Å². The van der Waals surface area contributed by atoms with E-state index in [4.69, 9.17) is 39.2 Å². The van der Waals surface area contributed by atoms with Crippen molar-refractivity contribution < 1.29 is 14.3 Å². The quantitative estimate of drug-likeness (QED) is 0.641. The van der Waals surface area contributed by atoms with Crippen molar-refractivity contribution in [3.05, 3.63) is 62.8 Å². The molecule has 3 nitrogen and oxygen atoms in total. The molecule has 21 heavy (non-hydrogen) atoms. The lowest BCUT2D eigenvalue weighted by Crippen LogP contribution is -1.99. The van der Waals surface area contributed by atoms with Crippen molar-refractivity contribution in [1.29, 1.82) is 0 Å². The zero-order valence-electron chi connectivity index (χ0n) is 10.4. The molecule has 3 rings (SSSR count). The minimum absolute atomic E-state index is 0.0102. The molecule has 0 aliphatic heterocycles. The van der Waals surface area contributed by atoms with Gasteiger partial charge in [-0.15, -0.1) is 0 Å². The Labute approximate surface area is 134 Å². The topological polar surface area (TPSA) is 50.4 Å². The molecule has 2 aromatic carbocycles. The maximum Gasteiger partial charge on any atom is 0.196 e. The van der Waals surface area contributed by atoms with E-state index in [1.807, 2.05) is 0 Å². The van der Waals surface area contributed by atoms with Gasteiger partial charge in [0.05, 0.1) is 5.56 Å². The molecule has 0 aliphatic carbocycles. The van der Waals surface area contributed by atoms with E-state index in [-0.39, 0.29) is 27.2 Å². The van der Waals surface area contributed by atoms with Crippen LogP contribution in [0.4, 0.5) is 0 Å². The van der Waals surface area contributed by atoms with Crippen molar-refractivity contribution in [2.24, 2.45) is 0 Å². The minimum atomic E-state index is -0.261. The number of rotatable bonds is 2. The number of carbonyl (C=O) groups excluding carboxylic acids is 1. The van der Waals surface area contributed by atoms with E-state index >= 15 is 0 Å². The molecule has 6 heteroatoms. The predicted molar refractivity (Wildman–Crippen MR) is 82.8 cm³/mol. The molecular formula is C15H7Cl3O3. The summed E-state index contributed by atoms with van der Waals surface area (Å²) >= 11 is 17.6. The zero-order chi connectivity index (χ0) is 15.1. The fraction of sp³-hybridized carbons (Fsp3) is 0. The highest BCUT2D eigenvalue weighted by Gasteiger charge is 2.20. The van der Waals surface area contributed by atoms with Gasteiger partial charge < -0.3 is 9.52 Å². The molecule has 0 atom stereocenters. The number of aromatic hydroxyl groups is 1. The SMILES string of the molecule is O=C(c1ccc(Cl)cc1)c1coc2c(Cl)c(Cl)c(O)cc12. The lowest BCUT2D eigenvalue weighted by atomic mass is 10.0. The zero-order valence-corrected chi connectivity index (χ0v) is 12.6. The Morgan fingerprint density at radius 1 is 1.05 bits per heavy atom. The second-order valence-corrected chi connectivity index (χ2v) is 5.58. The standard InChI is InChI=1S/C15H7Cl3O3/c16-8-3-1-7(2-4-8)14(20)10-6-21-15-9(10)5-11(19)12(17)13(15)18/h1-6,19H.